The van der Waals surface area contributed by atoms with Crippen molar-refractivity contribution in [2.45, 2.75) is 212 Å². The van der Waals surface area contributed by atoms with Crippen LogP contribution in [0.3, 0.4) is 0 Å². The molecule has 67 heavy (non-hydrogen) atoms. The third kappa shape index (κ3) is 52.6. The molecule has 0 saturated heterocycles. The van der Waals surface area contributed by atoms with Gasteiger partial charge in [0.05, 0.1) is 18.8 Å². The van der Waals surface area contributed by atoms with Crippen molar-refractivity contribution in [3.63, 3.8) is 0 Å². The average Bonchev–Trinajstić information content (AvgIpc) is 3.33. The summed E-state index contributed by atoms with van der Waals surface area (Å²) < 4.78 is 0. The minimum atomic E-state index is -0.898. The molecule has 4 nitrogen and oxygen atoms in total. The SMILES string of the molecule is CC/C=C\C/C=C\C/C=C\C/C=C\C/C=C\C/C=C\C/C=C\C/C=C\C/C=C\C/C=C\C/C=C\CCCCCC(=O)NC(CO)C(O)/C=C/CC/C=C/CC/C=C/CCCCCCCCCC. The summed E-state index contributed by atoms with van der Waals surface area (Å²) >= 11 is 0. The van der Waals surface area contributed by atoms with Gasteiger partial charge in [-0.15, -0.1) is 0 Å². The molecule has 0 spiro atoms. The Morgan fingerprint density at radius 3 is 1.04 bits per heavy atom. The first kappa shape index (κ1) is 62.8. The van der Waals surface area contributed by atoms with Crippen molar-refractivity contribution in [3.05, 3.63) is 170 Å². The minimum absolute atomic E-state index is 0.118. The standard InChI is InChI=1S/C63H99NO3/c1-3-5-7-9-11-13-15-17-19-21-23-24-25-26-27-28-29-30-31-32-33-34-35-36-37-38-39-40-41-43-45-47-49-51-53-55-57-59-63(67)64-61(60-65)62(66)58-56-54-52-50-48-46-44-42-22-20-18-16-14-12-10-8-6-4-2/h5,7,11,13,17,19,22-24,26-27,29-30,32-33,35-36,38-39,41-43,47-50,56,58,61-62,65-66H,3-4,6,8-10,12,14-16,18,20-21,25,28,31,34,37,40,44-46,51-55,57,59-60H2,1-2H3,(H,64,67)/b7-5-,13-11-,19-17-,24-23-,27-26-,30-29-,33-32-,36-35-,39-38-,42-22+,43-41-,49-47-,50-48+,58-56+. The summed E-state index contributed by atoms with van der Waals surface area (Å²) in [4.78, 5) is 12.4. The van der Waals surface area contributed by atoms with E-state index < -0.39 is 12.1 Å². The Morgan fingerprint density at radius 1 is 0.373 bits per heavy atom. The predicted octanol–water partition coefficient (Wildman–Crippen LogP) is 18.0. The number of allylic oxidation sites excluding steroid dienone is 27. The summed E-state index contributed by atoms with van der Waals surface area (Å²) in [6.07, 6.45) is 92.0. The van der Waals surface area contributed by atoms with E-state index in [1.54, 1.807) is 6.08 Å². The summed E-state index contributed by atoms with van der Waals surface area (Å²) in [6.45, 7) is 4.14. The van der Waals surface area contributed by atoms with Crippen LogP contribution in [0.5, 0.6) is 0 Å². The van der Waals surface area contributed by atoms with E-state index in [0.29, 0.717) is 6.42 Å². The van der Waals surface area contributed by atoms with Crippen LogP contribution in [0, 0.1) is 0 Å². The Hall–Kier alpha value is -4.25. The number of carbonyl (C=O) groups excluding carboxylic acids is 1. The molecule has 0 aromatic heterocycles. The third-order valence-electron chi connectivity index (χ3n) is 10.9. The molecule has 0 aliphatic heterocycles. The maximum Gasteiger partial charge on any atom is 0.220 e. The van der Waals surface area contributed by atoms with Crippen LogP contribution in [0.4, 0.5) is 0 Å². The lowest BCUT2D eigenvalue weighted by molar-refractivity contribution is -0.123. The van der Waals surface area contributed by atoms with Crippen molar-refractivity contribution in [2.24, 2.45) is 0 Å². The number of unbranched alkanes of at least 4 members (excludes halogenated alkanes) is 13. The largest absolute Gasteiger partial charge is 0.394 e. The van der Waals surface area contributed by atoms with Crippen LogP contribution >= 0.6 is 0 Å². The first-order valence-electron chi connectivity index (χ1n) is 26.8. The highest BCUT2D eigenvalue weighted by molar-refractivity contribution is 5.76. The molecule has 2 unspecified atom stereocenters. The van der Waals surface area contributed by atoms with E-state index in [4.69, 9.17) is 0 Å². The summed E-state index contributed by atoms with van der Waals surface area (Å²) in [5, 5.41) is 23.0. The number of amides is 1. The van der Waals surface area contributed by atoms with E-state index in [1.165, 1.54) is 57.8 Å². The zero-order chi connectivity index (χ0) is 48.5. The normalized spacial score (nSPS) is 14.3. The summed E-state index contributed by atoms with van der Waals surface area (Å²) in [5.74, 6) is -0.118. The van der Waals surface area contributed by atoms with Crippen molar-refractivity contribution < 1.29 is 15.0 Å². The second kappa shape index (κ2) is 56.1. The van der Waals surface area contributed by atoms with Crippen LogP contribution in [0.15, 0.2) is 170 Å². The molecule has 0 aliphatic carbocycles. The van der Waals surface area contributed by atoms with Crippen LogP contribution in [-0.4, -0.2) is 34.9 Å². The van der Waals surface area contributed by atoms with Gasteiger partial charge in [-0.2, -0.15) is 0 Å². The number of hydrogen-bond donors (Lipinski definition) is 3. The van der Waals surface area contributed by atoms with Gasteiger partial charge in [0.25, 0.3) is 0 Å². The highest BCUT2D eigenvalue weighted by Crippen LogP contribution is 2.11. The van der Waals surface area contributed by atoms with Gasteiger partial charge in [0.2, 0.25) is 5.91 Å². The van der Waals surface area contributed by atoms with E-state index in [9.17, 15) is 15.0 Å². The molecule has 0 aromatic rings. The molecule has 0 aliphatic rings. The van der Waals surface area contributed by atoms with E-state index in [1.807, 2.05) is 6.08 Å². The molecule has 374 valence electrons. The zero-order valence-electron chi connectivity index (χ0n) is 42.8. The van der Waals surface area contributed by atoms with Gasteiger partial charge in [0.1, 0.15) is 0 Å². The monoisotopic (exact) mass is 918 g/mol. The number of aliphatic hydroxyl groups excluding tert-OH is 2. The van der Waals surface area contributed by atoms with Crippen molar-refractivity contribution in [1.82, 2.24) is 5.32 Å². The van der Waals surface area contributed by atoms with Crippen molar-refractivity contribution in [1.29, 1.82) is 0 Å². The van der Waals surface area contributed by atoms with Gasteiger partial charge in [-0.25, -0.2) is 0 Å². The molecule has 2 atom stereocenters. The van der Waals surface area contributed by atoms with Gasteiger partial charge in [0.15, 0.2) is 0 Å². The fraction of sp³-hybridized carbons (Fsp3) is 0.540. The highest BCUT2D eigenvalue weighted by Gasteiger charge is 2.17. The predicted molar refractivity (Wildman–Crippen MR) is 298 cm³/mol. The highest BCUT2D eigenvalue weighted by atomic mass is 16.3. The van der Waals surface area contributed by atoms with Gasteiger partial charge < -0.3 is 15.5 Å². The summed E-state index contributed by atoms with van der Waals surface area (Å²) in [5.41, 5.74) is 0. The van der Waals surface area contributed by atoms with Crippen molar-refractivity contribution >= 4 is 5.91 Å². The fourth-order valence-corrected chi connectivity index (χ4v) is 6.86. The first-order valence-corrected chi connectivity index (χ1v) is 26.8. The Bertz CT molecular complexity index is 1510. The minimum Gasteiger partial charge on any atom is -0.394 e. The second-order valence-electron chi connectivity index (χ2n) is 17.2. The lowest BCUT2D eigenvalue weighted by Gasteiger charge is -2.19. The molecule has 0 fully saturated rings. The first-order chi connectivity index (χ1) is 33.2. The van der Waals surface area contributed by atoms with Crippen LogP contribution in [-0.2, 0) is 4.79 Å². The molecular weight excluding hydrogens is 819 g/mol. The Labute approximate surface area is 413 Å². The van der Waals surface area contributed by atoms with Crippen LogP contribution in [0.25, 0.3) is 0 Å². The molecule has 4 heteroatoms. The topological polar surface area (TPSA) is 69.6 Å². The van der Waals surface area contributed by atoms with Gasteiger partial charge in [-0.3, -0.25) is 4.79 Å². The number of aliphatic hydroxyl groups is 2. The summed E-state index contributed by atoms with van der Waals surface area (Å²) in [7, 11) is 0. The number of nitrogens with one attached hydrogen (secondary N) is 1. The molecule has 0 heterocycles. The quantitative estimate of drug-likeness (QED) is 0.0421. The van der Waals surface area contributed by atoms with Gasteiger partial charge >= 0.3 is 0 Å². The number of carbonyl (C=O) groups is 1. The zero-order valence-corrected chi connectivity index (χ0v) is 42.8. The van der Waals surface area contributed by atoms with E-state index in [2.05, 4.69) is 177 Å². The lowest BCUT2D eigenvalue weighted by Crippen LogP contribution is -2.45. The maximum atomic E-state index is 12.4. The van der Waals surface area contributed by atoms with Crippen LogP contribution < -0.4 is 5.32 Å². The number of hydrogen-bond acceptors (Lipinski definition) is 3. The van der Waals surface area contributed by atoms with Crippen molar-refractivity contribution in [2.75, 3.05) is 6.61 Å². The lowest BCUT2D eigenvalue weighted by atomic mass is 10.1. The molecular formula is C63H99NO3. The molecule has 1 amide bonds. The molecule has 0 saturated carbocycles. The van der Waals surface area contributed by atoms with E-state index >= 15 is 0 Å². The molecule has 3 N–H and O–H groups in total. The van der Waals surface area contributed by atoms with Crippen LogP contribution in [0.2, 0.25) is 0 Å². The van der Waals surface area contributed by atoms with Gasteiger partial charge in [0, 0.05) is 6.42 Å². The maximum absolute atomic E-state index is 12.4. The summed E-state index contributed by atoms with van der Waals surface area (Å²) in [6, 6.07) is -0.677. The molecule has 0 rings (SSSR count). The number of rotatable bonds is 46. The molecule has 0 radical (unpaired) electrons. The Balaban J connectivity index is 3.78. The van der Waals surface area contributed by atoms with Crippen molar-refractivity contribution in [3.8, 4) is 0 Å². The van der Waals surface area contributed by atoms with Crippen LogP contribution in [0.1, 0.15) is 200 Å². The smallest absolute Gasteiger partial charge is 0.220 e. The molecule has 0 bridgehead atoms. The van der Waals surface area contributed by atoms with E-state index in [-0.39, 0.29) is 12.5 Å². The molecule has 0 aromatic carbocycles. The van der Waals surface area contributed by atoms with E-state index in [0.717, 1.165) is 122 Å². The fourth-order valence-electron chi connectivity index (χ4n) is 6.86. The Morgan fingerprint density at radius 2 is 0.672 bits per heavy atom. The second-order valence-corrected chi connectivity index (χ2v) is 17.2. The third-order valence-corrected chi connectivity index (χ3v) is 10.9. The average molecular weight is 918 g/mol. The Kier molecular flexibility index (Phi) is 52.5. The van der Waals surface area contributed by atoms with Gasteiger partial charge in [-0.05, 0) is 128 Å². The van der Waals surface area contributed by atoms with Gasteiger partial charge in [-0.1, -0.05) is 235 Å².